The fraction of sp³-hybridized carbons (Fsp3) is 0.643. The topological polar surface area (TPSA) is 32.3 Å². The summed E-state index contributed by atoms with van der Waals surface area (Å²) in [5.41, 5.74) is 1.41. The predicted molar refractivity (Wildman–Crippen MR) is 75.8 cm³/mol. The van der Waals surface area contributed by atoms with Gasteiger partial charge in [-0.15, -0.1) is 11.3 Å². The molecule has 0 bridgehead atoms. The van der Waals surface area contributed by atoms with Crippen molar-refractivity contribution in [1.29, 1.82) is 0 Å². The van der Waals surface area contributed by atoms with Gasteiger partial charge in [-0.05, 0) is 29.9 Å². The number of unbranched alkanes of at least 4 members (excludes halogenated alkanes) is 2. The Morgan fingerprint density at radius 2 is 2.39 bits per heavy atom. The summed E-state index contributed by atoms with van der Waals surface area (Å²) in [5.74, 6) is 0.171. The summed E-state index contributed by atoms with van der Waals surface area (Å²) in [7, 11) is 0. The molecule has 0 aliphatic carbocycles. The minimum Gasteiger partial charge on any atom is -0.355 e. The molecule has 0 atom stereocenters. The highest BCUT2D eigenvalue weighted by Crippen LogP contribution is 2.23. The lowest BCUT2D eigenvalue weighted by atomic mass is 10.1. The Labute approximate surface area is 113 Å². The van der Waals surface area contributed by atoms with Crippen LogP contribution in [0.15, 0.2) is 11.4 Å². The Morgan fingerprint density at radius 1 is 1.50 bits per heavy atom. The minimum atomic E-state index is 0.171. The third-order valence-corrected chi connectivity index (χ3v) is 4.38. The molecule has 3 nitrogen and oxygen atoms in total. The van der Waals surface area contributed by atoms with Gasteiger partial charge in [-0.3, -0.25) is 9.69 Å². The number of carbonyl (C=O) groups is 1. The van der Waals surface area contributed by atoms with Crippen molar-refractivity contribution in [3.8, 4) is 0 Å². The van der Waals surface area contributed by atoms with Gasteiger partial charge in [0.15, 0.2) is 0 Å². The molecule has 1 aromatic heterocycles. The first kappa shape index (κ1) is 13.6. The third kappa shape index (κ3) is 3.82. The van der Waals surface area contributed by atoms with Gasteiger partial charge in [0.1, 0.15) is 0 Å². The Morgan fingerprint density at radius 3 is 3.22 bits per heavy atom. The summed E-state index contributed by atoms with van der Waals surface area (Å²) in [6.07, 6.45) is 4.58. The van der Waals surface area contributed by atoms with E-state index in [0.29, 0.717) is 6.54 Å². The lowest BCUT2D eigenvalue weighted by molar-refractivity contribution is -0.122. The van der Waals surface area contributed by atoms with Gasteiger partial charge in [0, 0.05) is 24.5 Å². The number of carbonyl (C=O) groups excluding carboxylic acids is 1. The minimum absolute atomic E-state index is 0.171. The molecular weight excluding hydrogens is 244 g/mol. The van der Waals surface area contributed by atoms with Crippen LogP contribution in [-0.4, -0.2) is 30.4 Å². The smallest absolute Gasteiger partial charge is 0.234 e. The van der Waals surface area contributed by atoms with Crippen LogP contribution in [0.4, 0.5) is 0 Å². The predicted octanol–water partition coefficient (Wildman–Crippen LogP) is 2.41. The monoisotopic (exact) mass is 266 g/mol. The lowest BCUT2D eigenvalue weighted by Gasteiger charge is -2.26. The van der Waals surface area contributed by atoms with E-state index in [-0.39, 0.29) is 5.91 Å². The van der Waals surface area contributed by atoms with Crippen LogP contribution in [0, 0.1) is 0 Å². The Kier molecular flexibility index (Phi) is 5.20. The zero-order chi connectivity index (χ0) is 12.8. The van der Waals surface area contributed by atoms with Crippen molar-refractivity contribution in [2.45, 2.75) is 39.2 Å². The second kappa shape index (κ2) is 6.90. The number of thiophene rings is 1. The molecule has 1 amide bonds. The van der Waals surface area contributed by atoms with Crippen molar-refractivity contribution in [2.24, 2.45) is 0 Å². The van der Waals surface area contributed by atoms with E-state index in [2.05, 4.69) is 28.6 Å². The molecule has 0 spiro atoms. The molecule has 2 heterocycles. The second-order valence-corrected chi connectivity index (χ2v) is 5.89. The molecule has 1 N–H and O–H groups in total. The standard InChI is InChI=1S/C14H22N2OS/c1-2-3-4-7-15-14(17)11-16-8-5-13-12(10-16)6-9-18-13/h6,9H,2-5,7-8,10-11H2,1H3,(H,15,17). The molecule has 2 rings (SSSR count). The van der Waals surface area contributed by atoms with Crippen LogP contribution in [0.2, 0.25) is 0 Å². The lowest BCUT2D eigenvalue weighted by Crippen LogP contribution is -2.39. The van der Waals surface area contributed by atoms with Gasteiger partial charge < -0.3 is 5.32 Å². The van der Waals surface area contributed by atoms with E-state index in [9.17, 15) is 4.79 Å². The van der Waals surface area contributed by atoms with Crippen LogP contribution in [0.1, 0.15) is 36.6 Å². The van der Waals surface area contributed by atoms with Crippen LogP contribution in [0.3, 0.4) is 0 Å². The molecule has 0 saturated heterocycles. The van der Waals surface area contributed by atoms with E-state index in [4.69, 9.17) is 0 Å². The fourth-order valence-corrected chi connectivity index (χ4v) is 3.19. The van der Waals surface area contributed by atoms with Crippen molar-refractivity contribution >= 4 is 17.2 Å². The number of amides is 1. The molecule has 0 aromatic carbocycles. The Hall–Kier alpha value is -0.870. The number of nitrogens with zero attached hydrogens (tertiary/aromatic N) is 1. The quantitative estimate of drug-likeness (QED) is 0.802. The zero-order valence-electron chi connectivity index (χ0n) is 11.1. The first-order chi connectivity index (χ1) is 8.79. The van der Waals surface area contributed by atoms with Crippen molar-refractivity contribution in [2.75, 3.05) is 19.6 Å². The summed E-state index contributed by atoms with van der Waals surface area (Å²) < 4.78 is 0. The Bertz CT molecular complexity index is 389. The zero-order valence-corrected chi connectivity index (χ0v) is 11.9. The number of hydrogen-bond donors (Lipinski definition) is 1. The van der Waals surface area contributed by atoms with Gasteiger partial charge in [0.25, 0.3) is 0 Å². The van der Waals surface area contributed by atoms with Gasteiger partial charge in [0.2, 0.25) is 5.91 Å². The molecule has 1 aliphatic rings. The molecule has 1 aromatic rings. The summed E-state index contributed by atoms with van der Waals surface area (Å²) in [6.45, 7) is 5.48. The maximum atomic E-state index is 11.8. The summed E-state index contributed by atoms with van der Waals surface area (Å²) in [4.78, 5) is 15.5. The first-order valence-electron chi connectivity index (χ1n) is 6.84. The van der Waals surface area contributed by atoms with Gasteiger partial charge in [-0.2, -0.15) is 0 Å². The van der Waals surface area contributed by atoms with Gasteiger partial charge in [0.05, 0.1) is 6.54 Å². The highest BCUT2D eigenvalue weighted by atomic mass is 32.1. The SMILES string of the molecule is CCCCCNC(=O)CN1CCc2sccc2C1. The molecule has 0 fully saturated rings. The van der Waals surface area contributed by atoms with Crippen LogP contribution in [0.5, 0.6) is 0 Å². The van der Waals surface area contributed by atoms with E-state index in [1.165, 1.54) is 23.3 Å². The molecule has 1 aliphatic heterocycles. The molecule has 18 heavy (non-hydrogen) atoms. The second-order valence-electron chi connectivity index (χ2n) is 4.89. The van der Waals surface area contributed by atoms with Crippen LogP contribution >= 0.6 is 11.3 Å². The third-order valence-electron chi connectivity index (χ3n) is 3.36. The largest absolute Gasteiger partial charge is 0.355 e. The van der Waals surface area contributed by atoms with Crippen LogP contribution in [-0.2, 0) is 17.8 Å². The summed E-state index contributed by atoms with van der Waals surface area (Å²) >= 11 is 1.84. The average molecular weight is 266 g/mol. The van der Waals surface area contributed by atoms with E-state index < -0.39 is 0 Å². The highest BCUT2D eigenvalue weighted by molar-refractivity contribution is 7.10. The average Bonchev–Trinajstić information content (AvgIpc) is 2.82. The summed E-state index contributed by atoms with van der Waals surface area (Å²) in [6, 6.07) is 2.19. The molecule has 100 valence electrons. The van der Waals surface area contributed by atoms with Crippen LogP contribution in [0.25, 0.3) is 0 Å². The van der Waals surface area contributed by atoms with Crippen molar-refractivity contribution in [1.82, 2.24) is 10.2 Å². The molecule has 0 saturated carbocycles. The van der Waals surface area contributed by atoms with Gasteiger partial charge in [-0.1, -0.05) is 19.8 Å². The maximum Gasteiger partial charge on any atom is 0.234 e. The van der Waals surface area contributed by atoms with Crippen molar-refractivity contribution < 1.29 is 4.79 Å². The van der Waals surface area contributed by atoms with E-state index in [0.717, 1.165) is 32.5 Å². The summed E-state index contributed by atoms with van der Waals surface area (Å²) in [5, 5.41) is 5.16. The number of rotatable bonds is 6. The van der Waals surface area contributed by atoms with E-state index >= 15 is 0 Å². The highest BCUT2D eigenvalue weighted by Gasteiger charge is 2.18. The van der Waals surface area contributed by atoms with Crippen LogP contribution < -0.4 is 5.32 Å². The Balaban J connectivity index is 1.69. The normalized spacial score (nSPS) is 15.4. The number of fused-ring (bicyclic) bond motifs is 1. The molecule has 0 radical (unpaired) electrons. The van der Waals surface area contributed by atoms with Gasteiger partial charge in [-0.25, -0.2) is 0 Å². The van der Waals surface area contributed by atoms with E-state index in [1.807, 2.05) is 11.3 Å². The number of hydrogen-bond acceptors (Lipinski definition) is 3. The number of nitrogens with one attached hydrogen (secondary N) is 1. The molecular formula is C14H22N2OS. The first-order valence-corrected chi connectivity index (χ1v) is 7.72. The van der Waals surface area contributed by atoms with Crippen molar-refractivity contribution in [3.63, 3.8) is 0 Å². The van der Waals surface area contributed by atoms with E-state index in [1.54, 1.807) is 0 Å². The van der Waals surface area contributed by atoms with Gasteiger partial charge >= 0.3 is 0 Å². The molecule has 4 heteroatoms. The van der Waals surface area contributed by atoms with Crippen molar-refractivity contribution in [3.05, 3.63) is 21.9 Å². The molecule has 0 unspecified atom stereocenters. The maximum absolute atomic E-state index is 11.8. The fourth-order valence-electron chi connectivity index (χ4n) is 2.30.